The summed E-state index contributed by atoms with van der Waals surface area (Å²) in [4.78, 5) is 93.0. The monoisotopic (exact) mass is 1200 g/mol. The van der Waals surface area contributed by atoms with Crippen molar-refractivity contribution in [2.45, 2.75) is 167 Å². The summed E-state index contributed by atoms with van der Waals surface area (Å²) in [5.74, 6) is -5.80. The molecule has 0 unspecified atom stereocenters. The number of carbonyl (C=O) groups excluding carboxylic acids is 7. The molecule has 0 bridgehead atoms. The fraction of sp³-hybridized carbons (Fsp3) is 0.476. The molecule has 23 nitrogen and oxygen atoms in total. The molecule has 3 heterocycles. The van der Waals surface area contributed by atoms with Gasteiger partial charge in [0.15, 0.2) is 43.2 Å². The molecule has 23 heteroatoms. The van der Waals surface area contributed by atoms with E-state index in [2.05, 4.69) is 6.58 Å². The standard InChI is InChI=1S/C63H75NO22/c1-9-30-64(38(2)65)61-58(80-43(7)70)56(79-42(6)69)54(50(82-61)36-73-39(3)66)85-63-60(81-44(8)71)57(53(78-41(5)68)51(84-63)37-74-40(4)67)86-62-59(77-34-48-28-20-13-21-29-48)55(76-33-47-26-18-12-19-27-47)52(75-32-46-24-16-11-17-25-46)49(83-62)35-72-31-45-22-14-10-15-23-45/h9-29,49-63H,1,30-37H2,2-8H3/t49-,50-,51-,52+,53+,54-,55+,56+,57+,58-,59-,60-,61-,62-,63+/m1/s1. The van der Waals surface area contributed by atoms with E-state index in [1.165, 1.54) is 13.0 Å². The van der Waals surface area contributed by atoms with E-state index < -0.39 is 147 Å². The maximum absolute atomic E-state index is 13.7. The lowest BCUT2D eigenvalue weighted by molar-refractivity contribution is -0.383. The second-order valence-electron chi connectivity index (χ2n) is 20.5. The molecule has 3 fully saturated rings. The first-order valence-corrected chi connectivity index (χ1v) is 28.1. The zero-order valence-electron chi connectivity index (χ0n) is 49.1. The molecule has 3 saturated heterocycles. The Morgan fingerprint density at radius 1 is 0.407 bits per heavy atom. The van der Waals surface area contributed by atoms with E-state index in [-0.39, 0.29) is 39.6 Å². The Bertz CT molecular complexity index is 2830. The molecule has 3 aliphatic heterocycles. The summed E-state index contributed by atoms with van der Waals surface area (Å²) < 4.78 is 96.1. The highest BCUT2D eigenvalue weighted by Gasteiger charge is 2.60. The van der Waals surface area contributed by atoms with Gasteiger partial charge in [-0.25, -0.2) is 0 Å². The van der Waals surface area contributed by atoms with Crippen LogP contribution in [0.25, 0.3) is 0 Å². The average molecular weight is 1200 g/mol. The number of hydrogen-bond acceptors (Lipinski definition) is 22. The second-order valence-corrected chi connectivity index (χ2v) is 20.5. The Balaban J connectivity index is 1.39. The minimum Gasteiger partial charge on any atom is -0.463 e. The lowest BCUT2D eigenvalue weighted by atomic mass is 9.94. The van der Waals surface area contributed by atoms with Gasteiger partial charge in [-0.3, -0.25) is 33.6 Å². The molecular weight excluding hydrogens is 1120 g/mol. The number of benzene rings is 4. The quantitative estimate of drug-likeness (QED) is 0.0370. The summed E-state index contributed by atoms with van der Waals surface area (Å²) in [6.45, 7) is 10.2. The molecule has 1 amide bonds. The van der Waals surface area contributed by atoms with Crippen molar-refractivity contribution < 1.29 is 105 Å². The third-order valence-electron chi connectivity index (χ3n) is 13.8. The van der Waals surface area contributed by atoms with Crippen LogP contribution >= 0.6 is 0 Å². The van der Waals surface area contributed by atoms with Gasteiger partial charge in [-0.2, -0.15) is 0 Å². The van der Waals surface area contributed by atoms with Gasteiger partial charge in [0.2, 0.25) is 5.91 Å². The van der Waals surface area contributed by atoms with Crippen LogP contribution in [0.1, 0.15) is 70.7 Å². The molecule has 4 aromatic rings. The van der Waals surface area contributed by atoms with Gasteiger partial charge < -0.3 is 76.0 Å². The van der Waals surface area contributed by atoms with Crippen molar-refractivity contribution in [3.8, 4) is 0 Å². The van der Waals surface area contributed by atoms with Gasteiger partial charge in [0.1, 0.15) is 62.0 Å². The van der Waals surface area contributed by atoms with Crippen molar-refractivity contribution in [1.82, 2.24) is 4.90 Å². The number of amides is 1. The largest absolute Gasteiger partial charge is 0.463 e. The van der Waals surface area contributed by atoms with E-state index in [0.717, 1.165) is 68.7 Å². The lowest BCUT2D eigenvalue weighted by Crippen LogP contribution is -2.70. The first kappa shape index (κ1) is 66.1. The van der Waals surface area contributed by atoms with Crippen molar-refractivity contribution in [2.75, 3.05) is 26.4 Å². The van der Waals surface area contributed by atoms with Crippen molar-refractivity contribution in [3.63, 3.8) is 0 Å². The molecule has 0 aromatic heterocycles. The van der Waals surface area contributed by atoms with Crippen LogP contribution in [0.4, 0.5) is 0 Å². The smallest absolute Gasteiger partial charge is 0.303 e. The Labute approximate surface area is 499 Å². The highest BCUT2D eigenvalue weighted by atomic mass is 16.8. The van der Waals surface area contributed by atoms with Gasteiger partial charge in [0.25, 0.3) is 0 Å². The van der Waals surface area contributed by atoms with Gasteiger partial charge in [-0.1, -0.05) is 127 Å². The number of carbonyl (C=O) groups is 7. The van der Waals surface area contributed by atoms with E-state index in [4.69, 9.17) is 71.1 Å². The molecule has 0 saturated carbocycles. The van der Waals surface area contributed by atoms with Crippen molar-refractivity contribution in [2.24, 2.45) is 0 Å². The number of rotatable bonds is 28. The van der Waals surface area contributed by atoms with E-state index in [1.807, 2.05) is 121 Å². The Kier molecular flexibility index (Phi) is 25.3. The number of ether oxygens (including phenoxy) is 15. The Morgan fingerprint density at radius 2 is 0.791 bits per heavy atom. The Morgan fingerprint density at radius 3 is 1.24 bits per heavy atom. The maximum atomic E-state index is 13.7. The molecule has 15 atom stereocenters. The molecular formula is C63H75NO22. The molecule has 7 rings (SSSR count). The van der Waals surface area contributed by atoms with Gasteiger partial charge in [-0.15, -0.1) is 6.58 Å². The zero-order chi connectivity index (χ0) is 61.7. The summed E-state index contributed by atoms with van der Waals surface area (Å²) >= 11 is 0. The normalized spacial score (nSPS) is 27.1. The summed E-state index contributed by atoms with van der Waals surface area (Å²) in [6.07, 6.45) is -21.5. The predicted molar refractivity (Wildman–Crippen MR) is 300 cm³/mol. The van der Waals surface area contributed by atoms with Crippen LogP contribution in [-0.2, 0) is 131 Å². The summed E-state index contributed by atoms with van der Waals surface area (Å²) in [6, 6.07) is 37.6. The first-order valence-electron chi connectivity index (χ1n) is 28.1. The van der Waals surface area contributed by atoms with Gasteiger partial charge in [0.05, 0.1) is 33.0 Å². The third kappa shape index (κ3) is 19.3. The molecule has 464 valence electrons. The van der Waals surface area contributed by atoms with Crippen molar-refractivity contribution in [1.29, 1.82) is 0 Å². The maximum Gasteiger partial charge on any atom is 0.303 e. The molecule has 4 aromatic carbocycles. The highest BCUT2D eigenvalue weighted by Crippen LogP contribution is 2.39. The van der Waals surface area contributed by atoms with Crippen molar-refractivity contribution in [3.05, 3.63) is 156 Å². The van der Waals surface area contributed by atoms with Crippen LogP contribution in [0.15, 0.2) is 134 Å². The summed E-state index contributed by atoms with van der Waals surface area (Å²) in [5.41, 5.74) is 3.22. The fourth-order valence-electron chi connectivity index (χ4n) is 10.1. The van der Waals surface area contributed by atoms with E-state index >= 15 is 0 Å². The Hall–Kier alpha value is -7.45. The van der Waals surface area contributed by atoms with Crippen LogP contribution < -0.4 is 0 Å². The van der Waals surface area contributed by atoms with Gasteiger partial charge >= 0.3 is 35.8 Å². The summed E-state index contributed by atoms with van der Waals surface area (Å²) in [5, 5.41) is 0. The highest BCUT2D eigenvalue weighted by molar-refractivity contribution is 5.74. The minimum absolute atomic E-state index is 0.0322. The SMILES string of the molecule is C=CCN(C(C)=O)[C@@H]1O[C@H](COC(C)=O)[C@@H](O[C@@H]2O[C@H](COC(C)=O)[C@H](OC(C)=O)[C@H](O[C@H]3O[C@H](COCc4ccccc4)[C@H](OCc4ccccc4)[C@H](OCc4ccccc4)[C@H]3OCc3ccccc3)[C@H]2OC(C)=O)[C@H](OC(C)=O)[C@H]1OC(C)=O. The lowest BCUT2D eigenvalue weighted by Gasteiger charge is -2.51. The average Bonchev–Trinajstić information content (AvgIpc) is 1.03. The van der Waals surface area contributed by atoms with Crippen molar-refractivity contribution >= 4 is 41.7 Å². The third-order valence-corrected chi connectivity index (χ3v) is 13.8. The molecule has 0 N–H and O–H groups in total. The fourth-order valence-corrected chi connectivity index (χ4v) is 10.1. The molecule has 3 aliphatic rings. The molecule has 86 heavy (non-hydrogen) atoms. The second kappa shape index (κ2) is 32.9. The van der Waals surface area contributed by atoms with E-state index in [0.29, 0.717) is 0 Å². The van der Waals surface area contributed by atoms with Gasteiger partial charge in [0, 0.05) is 55.0 Å². The predicted octanol–water partition coefficient (Wildman–Crippen LogP) is 5.79. The van der Waals surface area contributed by atoms with Gasteiger partial charge in [-0.05, 0) is 22.3 Å². The number of esters is 6. The van der Waals surface area contributed by atoms with E-state index in [9.17, 15) is 33.6 Å². The molecule has 0 radical (unpaired) electrons. The van der Waals surface area contributed by atoms with Crippen LogP contribution in [0.5, 0.6) is 0 Å². The zero-order valence-corrected chi connectivity index (χ0v) is 49.1. The summed E-state index contributed by atoms with van der Waals surface area (Å²) in [7, 11) is 0. The topological polar surface area (TPSA) is 261 Å². The minimum atomic E-state index is -1.95. The van der Waals surface area contributed by atoms with Crippen LogP contribution in [0.2, 0.25) is 0 Å². The van der Waals surface area contributed by atoms with E-state index in [1.54, 1.807) is 0 Å². The number of hydrogen-bond donors (Lipinski definition) is 0. The molecule has 0 aliphatic carbocycles. The van der Waals surface area contributed by atoms with Crippen LogP contribution in [-0.4, -0.2) is 165 Å². The number of nitrogens with zero attached hydrogens (tertiary/aromatic N) is 1. The van der Waals surface area contributed by atoms with Crippen LogP contribution in [0.3, 0.4) is 0 Å². The molecule has 0 spiro atoms. The first-order chi connectivity index (χ1) is 41.4. The van der Waals surface area contributed by atoms with Crippen LogP contribution in [0, 0.1) is 0 Å².